The fraction of sp³-hybridized carbons (Fsp3) is 0.111. The number of hydrogen-bond acceptors (Lipinski definition) is 2. The van der Waals surface area contributed by atoms with Gasteiger partial charge in [-0.3, -0.25) is 0 Å². The highest BCUT2D eigenvalue weighted by molar-refractivity contribution is 6.19. The van der Waals surface area contributed by atoms with Gasteiger partial charge in [-0.2, -0.15) is 0 Å². The van der Waals surface area contributed by atoms with Gasteiger partial charge in [-0.25, -0.2) is 0 Å². The van der Waals surface area contributed by atoms with Gasteiger partial charge in [-0.15, -0.1) is 0 Å². The summed E-state index contributed by atoms with van der Waals surface area (Å²) in [7, 11) is 0. The molecule has 2 unspecified atom stereocenters. The van der Waals surface area contributed by atoms with Crippen molar-refractivity contribution in [1.82, 2.24) is 0 Å². The van der Waals surface area contributed by atoms with Crippen molar-refractivity contribution in [2.24, 2.45) is 5.92 Å². The molecule has 2 nitrogen and oxygen atoms in total. The Bertz CT molecular complexity index is 2330. The number of furan rings is 1. The molecule has 47 heavy (non-hydrogen) atoms. The maximum absolute atomic E-state index is 6.21. The highest BCUT2D eigenvalue weighted by Crippen LogP contribution is 2.40. The fourth-order valence-corrected chi connectivity index (χ4v) is 7.62. The second kappa shape index (κ2) is 11.6. The van der Waals surface area contributed by atoms with E-state index in [1.165, 1.54) is 60.8 Å². The van der Waals surface area contributed by atoms with Gasteiger partial charge in [0.15, 0.2) is 0 Å². The fourth-order valence-electron chi connectivity index (χ4n) is 7.62. The third-order valence-corrected chi connectivity index (χ3v) is 9.97. The smallest absolute Gasteiger partial charge is 0.136 e. The number of anilines is 1. The van der Waals surface area contributed by atoms with Crippen molar-refractivity contribution in [2.75, 3.05) is 4.90 Å². The number of nitrogens with zero attached hydrogens (tertiary/aromatic N) is 1. The first-order valence-electron chi connectivity index (χ1n) is 16.7. The molecule has 0 N–H and O–H groups in total. The molecule has 0 radical (unpaired) electrons. The lowest BCUT2D eigenvalue weighted by molar-refractivity contribution is 0.643. The quantitative estimate of drug-likeness (QED) is 0.188. The molecule has 1 heterocycles. The second-order valence-electron chi connectivity index (χ2n) is 12.7. The van der Waals surface area contributed by atoms with Crippen molar-refractivity contribution in [3.05, 3.63) is 181 Å². The van der Waals surface area contributed by atoms with Crippen LogP contribution in [0.4, 0.5) is 5.69 Å². The largest absolute Gasteiger partial charge is 0.456 e. The van der Waals surface area contributed by atoms with Crippen LogP contribution in [0.5, 0.6) is 0 Å². The van der Waals surface area contributed by atoms with E-state index in [1.54, 1.807) is 0 Å². The van der Waals surface area contributed by atoms with Gasteiger partial charge in [0.05, 0.1) is 6.04 Å². The van der Waals surface area contributed by atoms with Crippen molar-refractivity contribution in [3.63, 3.8) is 0 Å². The van der Waals surface area contributed by atoms with E-state index in [1.807, 2.05) is 6.07 Å². The molecule has 2 heteroatoms. The van der Waals surface area contributed by atoms with Crippen LogP contribution in [-0.2, 0) is 0 Å². The third-order valence-electron chi connectivity index (χ3n) is 9.97. The Labute approximate surface area is 275 Å². The van der Waals surface area contributed by atoms with E-state index in [-0.39, 0.29) is 6.04 Å². The summed E-state index contributed by atoms with van der Waals surface area (Å²) in [6, 6.07) is 39.5. The zero-order valence-corrected chi connectivity index (χ0v) is 26.2. The average Bonchev–Trinajstić information content (AvgIpc) is 3.82. The maximum atomic E-state index is 6.21. The SMILES string of the molecule is C1=CCC(C2=CCC=C2)C(N(c2ccc(-c3ccccc3)cc2)C2C=CC(c3ccc4ccc5oc6ccccc6c5c4c3)=CC2)=C1. The summed E-state index contributed by atoms with van der Waals surface area (Å²) in [5.74, 6) is 0.346. The molecule has 0 aliphatic heterocycles. The number of hydrogen-bond donors (Lipinski definition) is 0. The molecule has 5 aromatic carbocycles. The van der Waals surface area contributed by atoms with Crippen molar-refractivity contribution < 1.29 is 4.42 Å². The molecule has 9 rings (SSSR count). The van der Waals surface area contributed by atoms with Gasteiger partial charge in [0.2, 0.25) is 0 Å². The lowest BCUT2D eigenvalue weighted by atomic mass is 9.86. The standard InChI is InChI=1S/C45H35NO/c1-2-10-31(11-3-1)32-20-25-37(26-21-32)46(42-16-8-6-14-39(42)34-12-4-5-13-34)38-27-22-33(23-28-38)36-19-18-35-24-29-44-45(41(35)30-36)40-15-7-9-17-43(40)47-44/h1-4,6-13,15-27,29-30,38-39H,5,14,28H2. The Kier molecular flexibility index (Phi) is 6.86. The van der Waals surface area contributed by atoms with Crippen LogP contribution < -0.4 is 4.90 Å². The first-order chi connectivity index (χ1) is 23.3. The van der Waals surface area contributed by atoms with E-state index < -0.39 is 0 Å². The van der Waals surface area contributed by atoms with Gasteiger partial charge in [-0.1, -0.05) is 127 Å². The summed E-state index contributed by atoms with van der Waals surface area (Å²) in [5.41, 5.74) is 10.9. The summed E-state index contributed by atoms with van der Waals surface area (Å²) in [5, 5.41) is 4.84. The Hall–Kier alpha value is -5.60. The molecule has 6 aromatic rings. The Morgan fingerprint density at radius 3 is 2.28 bits per heavy atom. The molecular formula is C45H35NO. The van der Waals surface area contributed by atoms with E-state index in [4.69, 9.17) is 4.42 Å². The first kappa shape index (κ1) is 27.7. The van der Waals surface area contributed by atoms with Gasteiger partial charge in [-0.05, 0) is 94.3 Å². The zero-order chi connectivity index (χ0) is 31.2. The molecule has 0 saturated carbocycles. The molecule has 226 valence electrons. The number of benzene rings is 5. The van der Waals surface area contributed by atoms with Crippen LogP contribution in [-0.4, -0.2) is 6.04 Å². The highest BCUT2D eigenvalue weighted by Gasteiger charge is 2.29. The number of rotatable bonds is 6. The molecule has 0 saturated heterocycles. The van der Waals surface area contributed by atoms with Crippen LogP contribution in [0.2, 0.25) is 0 Å². The van der Waals surface area contributed by atoms with Crippen LogP contribution in [0.25, 0.3) is 49.4 Å². The molecular weight excluding hydrogens is 571 g/mol. The predicted octanol–water partition coefficient (Wildman–Crippen LogP) is 12.0. The monoisotopic (exact) mass is 605 g/mol. The Morgan fingerprint density at radius 2 is 1.45 bits per heavy atom. The van der Waals surface area contributed by atoms with Crippen LogP contribution >= 0.6 is 0 Å². The van der Waals surface area contributed by atoms with Gasteiger partial charge < -0.3 is 9.32 Å². The van der Waals surface area contributed by atoms with E-state index >= 15 is 0 Å². The molecule has 1 aromatic heterocycles. The van der Waals surface area contributed by atoms with Gasteiger partial charge >= 0.3 is 0 Å². The Balaban J connectivity index is 1.08. The Morgan fingerprint density at radius 1 is 0.638 bits per heavy atom. The summed E-state index contributed by atoms with van der Waals surface area (Å²) >= 11 is 0. The number of fused-ring (bicyclic) bond motifs is 5. The molecule has 0 fully saturated rings. The van der Waals surface area contributed by atoms with Gasteiger partial charge in [0, 0.05) is 28.1 Å². The van der Waals surface area contributed by atoms with E-state index in [9.17, 15) is 0 Å². The number of para-hydroxylation sites is 1. The van der Waals surface area contributed by atoms with E-state index in [2.05, 4.69) is 163 Å². The molecule has 2 atom stereocenters. The van der Waals surface area contributed by atoms with Crippen molar-refractivity contribution >= 4 is 44.0 Å². The van der Waals surface area contributed by atoms with E-state index in [0.717, 1.165) is 30.4 Å². The highest BCUT2D eigenvalue weighted by atomic mass is 16.3. The minimum atomic E-state index is 0.206. The zero-order valence-electron chi connectivity index (χ0n) is 26.2. The average molecular weight is 606 g/mol. The van der Waals surface area contributed by atoms with Gasteiger partial charge in [0.25, 0.3) is 0 Å². The summed E-state index contributed by atoms with van der Waals surface area (Å²) in [6.07, 6.45) is 24.0. The van der Waals surface area contributed by atoms with Crippen molar-refractivity contribution in [1.29, 1.82) is 0 Å². The minimum absolute atomic E-state index is 0.206. The van der Waals surface area contributed by atoms with Crippen LogP contribution in [0, 0.1) is 5.92 Å². The van der Waals surface area contributed by atoms with E-state index in [0.29, 0.717) is 5.92 Å². The summed E-state index contributed by atoms with van der Waals surface area (Å²) < 4.78 is 6.21. The first-order valence-corrected chi connectivity index (χ1v) is 16.7. The topological polar surface area (TPSA) is 16.4 Å². The van der Waals surface area contributed by atoms with Crippen molar-refractivity contribution in [2.45, 2.75) is 25.3 Å². The normalized spacial score (nSPS) is 18.9. The maximum Gasteiger partial charge on any atom is 0.136 e. The van der Waals surface area contributed by atoms with Crippen LogP contribution in [0.3, 0.4) is 0 Å². The predicted molar refractivity (Wildman–Crippen MR) is 198 cm³/mol. The molecule has 0 spiro atoms. The lowest BCUT2D eigenvalue weighted by Crippen LogP contribution is -2.37. The van der Waals surface area contributed by atoms with Gasteiger partial charge in [0.1, 0.15) is 11.2 Å². The molecule has 3 aliphatic rings. The summed E-state index contributed by atoms with van der Waals surface area (Å²) in [4.78, 5) is 2.58. The molecule has 3 aliphatic carbocycles. The van der Waals surface area contributed by atoms with Crippen molar-refractivity contribution in [3.8, 4) is 11.1 Å². The minimum Gasteiger partial charge on any atom is -0.456 e. The van der Waals surface area contributed by atoms with Crippen LogP contribution in [0.1, 0.15) is 24.8 Å². The lowest BCUT2D eigenvalue weighted by Gasteiger charge is -2.39. The second-order valence-corrected chi connectivity index (χ2v) is 12.7. The third kappa shape index (κ3) is 4.98. The number of allylic oxidation sites excluding steroid dienone is 9. The molecule has 0 amide bonds. The summed E-state index contributed by atoms with van der Waals surface area (Å²) in [6.45, 7) is 0. The van der Waals surface area contributed by atoms with Crippen LogP contribution in [0.15, 0.2) is 180 Å². The molecule has 0 bridgehead atoms.